The minimum Gasteiger partial charge on any atom is -0.494 e. The predicted molar refractivity (Wildman–Crippen MR) is 95.6 cm³/mol. The smallest absolute Gasteiger partial charge is 0.494 e. The van der Waals surface area contributed by atoms with Crippen molar-refractivity contribution >= 4 is 11.6 Å². The number of carbonyl (C=O) groups is 1. The molecule has 0 heterocycles. The van der Waals surface area contributed by atoms with Crippen LogP contribution in [0.5, 0.6) is 11.5 Å². The molecule has 5 nitrogen and oxygen atoms in total. The summed E-state index contributed by atoms with van der Waals surface area (Å²) >= 11 is 0. The van der Waals surface area contributed by atoms with E-state index in [1.54, 1.807) is 24.9 Å². The molecule has 1 N–H and O–H groups in total. The van der Waals surface area contributed by atoms with Crippen LogP contribution in [-0.2, 0) is 11.3 Å². The maximum atomic E-state index is 13.8. The fraction of sp³-hybridized carbons (Fsp3) is 0.316. The Balaban J connectivity index is 1.95. The van der Waals surface area contributed by atoms with Gasteiger partial charge < -0.3 is 14.8 Å². The van der Waals surface area contributed by atoms with E-state index in [2.05, 4.69) is 10.1 Å². The van der Waals surface area contributed by atoms with Gasteiger partial charge in [0.25, 0.3) is 0 Å². The van der Waals surface area contributed by atoms with Gasteiger partial charge >= 0.3 is 6.36 Å². The van der Waals surface area contributed by atoms with Crippen molar-refractivity contribution in [1.82, 2.24) is 4.90 Å². The lowest BCUT2D eigenvalue weighted by atomic mass is 10.1. The zero-order chi connectivity index (χ0) is 20.9. The number of methoxy groups -OCH3 is 1. The van der Waals surface area contributed by atoms with Crippen molar-refractivity contribution in [3.63, 3.8) is 0 Å². The summed E-state index contributed by atoms with van der Waals surface area (Å²) in [4.78, 5) is 14.1. The number of hydrogen-bond acceptors (Lipinski definition) is 4. The molecule has 0 saturated heterocycles. The summed E-state index contributed by atoms with van der Waals surface area (Å²) < 4.78 is 58.9. The molecule has 1 amide bonds. The number of benzene rings is 2. The number of nitrogens with zero attached hydrogens (tertiary/aromatic N) is 1. The van der Waals surface area contributed by atoms with E-state index in [4.69, 9.17) is 4.74 Å². The molecule has 0 spiro atoms. The van der Waals surface area contributed by atoms with Gasteiger partial charge in [0.05, 0.1) is 13.2 Å². The van der Waals surface area contributed by atoms with Crippen LogP contribution in [0.25, 0.3) is 0 Å². The van der Waals surface area contributed by atoms with Crippen molar-refractivity contribution in [3.05, 3.63) is 53.8 Å². The number of nitrogens with one attached hydrogen (secondary N) is 1. The predicted octanol–water partition coefficient (Wildman–Crippen LogP) is 4.19. The highest BCUT2D eigenvalue weighted by Gasteiger charge is 2.31. The van der Waals surface area contributed by atoms with E-state index >= 15 is 0 Å². The molecule has 0 radical (unpaired) electrons. The molecule has 0 fully saturated rings. The Morgan fingerprint density at radius 2 is 1.82 bits per heavy atom. The van der Waals surface area contributed by atoms with E-state index in [0.29, 0.717) is 17.8 Å². The van der Waals surface area contributed by atoms with Crippen LogP contribution >= 0.6 is 0 Å². The molecule has 0 bridgehead atoms. The molecule has 0 aliphatic carbocycles. The normalized spacial score (nSPS) is 12.6. The lowest BCUT2D eigenvalue weighted by Gasteiger charge is -2.24. The first-order valence-corrected chi connectivity index (χ1v) is 8.28. The van der Waals surface area contributed by atoms with Crippen molar-refractivity contribution in [1.29, 1.82) is 0 Å². The highest BCUT2D eigenvalue weighted by atomic mass is 19.4. The summed E-state index contributed by atoms with van der Waals surface area (Å²) in [5, 5.41) is 2.62. The zero-order valence-corrected chi connectivity index (χ0v) is 15.5. The highest BCUT2D eigenvalue weighted by Crippen LogP contribution is 2.24. The molecule has 2 rings (SSSR count). The Morgan fingerprint density at radius 3 is 2.36 bits per heavy atom. The summed E-state index contributed by atoms with van der Waals surface area (Å²) in [6, 6.07) is 8.80. The van der Waals surface area contributed by atoms with E-state index in [0.717, 1.165) is 12.1 Å². The van der Waals surface area contributed by atoms with Gasteiger partial charge in [0, 0.05) is 12.2 Å². The van der Waals surface area contributed by atoms with Crippen molar-refractivity contribution in [3.8, 4) is 11.5 Å². The Morgan fingerprint density at radius 1 is 1.18 bits per heavy atom. The maximum absolute atomic E-state index is 13.8. The van der Waals surface area contributed by atoms with Crippen LogP contribution in [0.1, 0.15) is 12.5 Å². The molecule has 0 aliphatic rings. The zero-order valence-electron chi connectivity index (χ0n) is 15.5. The van der Waals surface area contributed by atoms with Crippen LogP contribution in [-0.4, -0.2) is 37.4 Å². The molecule has 28 heavy (non-hydrogen) atoms. The van der Waals surface area contributed by atoms with E-state index in [9.17, 15) is 22.4 Å². The largest absolute Gasteiger partial charge is 0.573 e. The molecular formula is C19H20F4N2O3. The average Bonchev–Trinajstić information content (AvgIpc) is 2.61. The standard InChI is InChI=1S/C19H20F4N2O3/c1-12(25(2)11-13-4-9-17(27-3)16(20)10-13)18(26)24-14-5-7-15(8-6-14)28-19(21,22)23/h4-10,12H,11H2,1-3H3,(H,24,26). The molecule has 2 aromatic rings. The van der Waals surface area contributed by atoms with Gasteiger partial charge in [0.1, 0.15) is 5.75 Å². The van der Waals surface area contributed by atoms with Crippen molar-refractivity contribution < 1.29 is 31.8 Å². The van der Waals surface area contributed by atoms with Crippen molar-refractivity contribution in [2.75, 3.05) is 19.5 Å². The summed E-state index contributed by atoms with van der Waals surface area (Å²) in [5.74, 6) is -1.10. The van der Waals surface area contributed by atoms with E-state index in [-0.39, 0.29) is 17.4 Å². The molecule has 152 valence electrons. The third-order valence-electron chi connectivity index (χ3n) is 4.04. The third-order valence-corrected chi connectivity index (χ3v) is 4.04. The Kier molecular flexibility index (Phi) is 6.85. The van der Waals surface area contributed by atoms with Crippen LogP contribution in [0, 0.1) is 5.82 Å². The van der Waals surface area contributed by atoms with Crippen LogP contribution in [0.2, 0.25) is 0 Å². The summed E-state index contributed by atoms with van der Waals surface area (Å²) in [7, 11) is 3.07. The first-order chi connectivity index (χ1) is 13.1. The van der Waals surface area contributed by atoms with Gasteiger partial charge in [-0.3, -0.25) is 9.69 Å². The lowest BCUT2D eigenvalue weighted by molar-refractivity contribution is -0.274. The molecule has 1 unspecified atom stereocenters. The van der Waals surface area contributed by atoms with Gasteiger partial charge in [0.15, 0.2) is 11.6 Å². The minimum atomic E-state index is -4.77. The Labute approximate surface area is 159 Å². The van der Waals surface area contributed by atoms with Gasteiger partial charge in [-0.05, 0) is 55.9 Å². The highest BCUT2D eigenvalue weighted by molar-refractivity contribution is 5.94. The quantitative estimate of drug-likeness (QED) is 0.708. The monoisotopic (exact) mass is 400 g/mol. The van der Waals surface area contributed by atoms with Gasteiger partial charge in [-0.15, -0.1) is 13.2 Å². The third kappa shape index (κ3) is 6.12. The van der Waals surface area contributed by atoms with Crippen LogP contribution in [0.3, 0.4) is 0 Å². The van der Waals surface area contributed by atoms with E-state index in [1.165, 1.54) is 31.4 Å². The maximum Gasteiger partial charge on any atom is 0.573 e. The SMILES string of the molecule is COc1ccc(CN(C)C(C)C(=O)Nc2ccc(OC(F)(F)F)cc2)cc1F. The molecule has 0 saturated carbocycles. The Bertz CT molecular complexity index is 810. The number of hydrogen-bond donors (Lipinski definition) is 1. The molecule has 0 aromatic heterocycles. The first-order valence-electron chi connectivity index (χ1n) is 8.28. The van der Waals surface area contributed by atoms with Gasteiger partial charge in [-0.25, -0.2) is 4.39 Å². The molecule has 0 aliphatic heterocycles. The molecule has 9 heteroatoms. The summed E-state index contributed by atoms with van der Waals surface area (Å²) in [6.07, 6.45) is -4.77. The summed E-state index contributed by atoms with van der Waals surface area (Å²) in [5.41, 5.74) is 0.990. The second-order valence-electron chi connectivity index (χ2n) is 6.12. The number of ether oxygens (including phenoxy) is 2. The van der Waals surface area contributed by atoms with Gasteiger partial charge in [0.2, 0.25) is 5.91 Å². The fourth-order valence-electron chi connectivity index (χ4n) is 2.42. The van der Waals surface area contributed by atoms with Crippen LogP contribution in [0.15, 0.2) is 42.5 Å². The van der Waals surface area contributed by atoms with E-state index in [1.807, 2.05) is 0 Å². The number of alkyl halides is 3. The number of amides is 1. The van der Waals surface area contributed by atoms with Crippen molar-refractivity contribution in [2.24, 2.45) is 0 Å². The minimum absolute atomic E-state index is 0.134. The number of halogens is 4. The Hall–Kier alpha value is -2.81. The van der Waals surface area contributed by atoms with Crippen LogP contribution < -0.4 is 14.8 Å². The fourth-order valence-corrected chi connectivity index (χ4v) is 2.42. The van der Waals surface area contributed by atoms with Crippen LogP contribution in [0.4, 0.5) is 23.2 Å². The second kappa shape index (κ2) is 8.92. The first kappa shape index (κ1) is 21.5. The van der Waals surface area contributed by atoms with E-state index < -0.39 is 18.2 Å². The second-order valence-corrected chi connectivity index (χ2v) is 6.12. The topological polar surface area (TPSA) is 50.8 Å². The number of rotatable bonds is 7. The van der Waals surface area contributed by atoms with Gasteiger partial charge in [-0.1, -0.05) is 6.07 Å². The average molecular weight is 400 g/mol. The molecular weight excluding hydrogens is 380 g/mol. The lowest BCUT2D eigenvalue weighted by Crippen LogP contribution is -2.39. The number of carbonyl (C=O) groups excluding carboxylic acids is 1. The summed E-state index contributed by atoms with van der Waals surface area (Å²) in [6.45, 7) is 1.98. The molecule has 2 aromatic carbocycles. The molecule has 1 atom stereocenters. The van der Waals surface area contributed by atoms with Crippen molar-refractivity contribution in [2.45, 2.75) is 25.9 Å². The van der Waals surface area contributed by atoms with Gasteiger partial charge in [-0.2, -0.15) is 0 Å². The number of likely N-dealkylation sites (N-methyl/N-ethyl adjacent to an activating group) is 1. The number of anilines is 1.